The highest BCUT2D eigenvalue weighted by Crippen LogP contribution is 2.24. The number of hydrogen-bond donors (Lipinski definition) is 1. The lowest BCUT2D eigenvalue weighted by atomic mass is 10.3. The van der Waals surface area contributed by atoms with E-state index >= 15 is 0 Å². The number of aryl methyl sites for hydroxylation is 1. The van der Waals surface area contributed by atoms with Crippen molar-refractivity contribution in [1.82, 2.24) is 10.1 Å². The van der Waals surface area contributed by atoms with Gasteiger partial charge in [-0.3, -0.25) is 10.1 Å². The molecule has 0 saturated carbocycles. The highest BCUT2D eigenvalue weighted by Gasteiger charge is 2.10. The van der Waals surface area contributed by atoms with Gasteiger partial charge >= 0.3 is 0 Å². The maximum absolute atomic E-state index is 10.5. The van der Waals surface area contributed by atoms with Crippen molar-refractivity contribution in [3.8, 4) is 0 Å². The zero-order chi connectivity index (χ0) is 13.1. The molecule has 0 fully saturated rings. The van der Waals surface area contributed by atoms with Crippen LogP contribution >= 0.6 is 15.9 Å². The Morgan fingerprint density at radius 2 is 2.33 bits per heavy atom. The third-order valence-electron chi connectivity index (χ3n) is 2.14. The number of nitro groups is 1. The molecule has 0 radical (unpaired) electrons. The Kier molecular flexibility index (Phi) is 3.56. The summed E-state index contributed by atoms with van der Waals surface area (Å²) >= 11 is 3.22. The smallest absolute Gasteiger partial charge is 0.288 e. The van der Waals surface area contributed by atoms with E-state index in [9.17, 15) is 10.1 Å². The van der Waals surface area contributed by atoms with Crippen LogP contribution in [0.5, 0.6) is 0 Å². The fourth-order valence-electron chi connectivity index (χ4n) is 1.33. The van der Waals surface area contributed by atoms with Crippen molar-refractivity contribution in [1.29, 1.82) is 0 Å². The summed E-state index contributed by atoms with van der Waals surface area (Å²) in [6.45, 7) is 2.23. The standard InChI is InChI=1S/C10H9BrN4O3/c1-6-2-8(18-14-6)5-13-10-9(11)3-7(4-12-10)15(16)17/h2-4H,5H2,1H3,(H,12,13). The van der Waals surface area contributed by atoms with Crippen LogP contribution in [-0.4, -0.2) is 15.1 Å². The van der Waals surface area contributed by atoms with Crippen LogP contribution in [0.1, 0.15) is 11.5 Å². The zero-order valence-corrected chi connectivity index (χ0v) is 11.0. The lowest BCUT2D eigenvalue weighted by molar-refractivity contribution is -0.385. The molecule has 0 aliphatic rings. The summed E-state index contributed by atoms with van der Waals surface area (Å²) in [5.74, 6) is 1.18. The van der Waals surface area contributed by atoms with Gasteiger partial charge in [-0.1, -0.05) is 5.16 Å². The van der Waals surface area contributed by atoms with Gasteiger partial charge in [-0.2, -0.15) is 0 Å². The van der Waals surface area contributed by atoms with E-state index in [1.807, 2.05) is 6.92 Å². The Balaban J connectivity index is 2.08. The van der Waals surface area contributed by atoms with E-state index in [2.05, 4.69) is 31.4 Å². The van der Waals surface area contributed by atoms with Crippen LogP contribution in [0, 0.1) is 17.0 Å². The summed E-state index contributed by atoms with van der Waals surface area (Å²) in [7, 11) is 0. The third-order valence-corrected chi connectivity index (χ3v) is 2.75. The highest BCUT2D eigenvalue weighted by atomic mass is 79.9. The molecule has 0 aliphatic heterocycles. The Bertz CT molecular complexity index is 584. The van der Waals surface area contributed by atoms with Gasteiger partial charge in [0.25, 0.3) is 5.69 Å². The van der Waals surface area contributed by atoms with Gasteiger partial charge in [-0.15, -0.1) is 0 Å². The number of pyridine rings is 1. The third kappa shape index (κ3) is 2.83. The molecule has 0 aliphatic carbocycles. The summed E-state index contributed by atoms with van der Waals surface area (Å²) in [5, 5.41) is 17.3. The van der Waals surface area contributed by atoms with E-state index in [4.69, 9.17) is 4.52 Å². The van der Waals surface area contributed by atoms with Crippen molar-refractivity contribution in [2.45, 2.75) is 13.5 Å². The van der Waals surface area contributed by atoms with Crippen LogP contribution in [0.3, 0.4) is 0 Å². The molecule has 2 aromatic rings. The van der Waals surface area contributed by atoms with Gasteiger partial charge in [0.15, 0.2) is 5.76 Å². The minimum Gasteiger partial charge on any atom is -0.362 e. The van der Waals surface area contributed by atoms with Crippen molar-refractivity contribution in [2.24, 2.45) is 0 Å². The van der Waals surface area contributed by atoms with E-state index in [-0.39, 0.29) is 5.69 Å². The van der Waals surface area contributed by atoms with E-state index in [0.717, 1.165) is 5.69 Å². The molecule has 0 spiro atoms. The number of nitrogens with one attached hydrogen (secondary N) is 1. The molecule has 0 atom stereocenters. The van der Waals surface area contributed by atoms with Gasteiger partial charge in [0, 0.05) is 12.1 Å². The van der Waals surface area contributed by atoms with Gasteiger partial charge < -0.3 is 9.84 Å². The molecule has 94 valence electrons. The normalized spacial score (nSPS) is 10.3. The Morgan fingerprint density at radius 1 is 1.56 bits per heavy atom. The lowest BCUT2D eigenvalue weighted by Gasteiger charge is -2.04. The second kappa shape index (κ2) is 5.13. The van der Waals surface area contributed by atoms with Crippen LogP contribution in [0.2, 0.25) is 0 Å². The van der Waals surface area contributed by atoms with Crippen molar-refractivity contribution in [2.75, 3.05) is 5.32 Å². The Morgan fingerprint density at radius 3 is 2.89 bits per heavy atom. The number of aromatic nitrogens is 2. The molecule has 8 heteroatoms. The lowest BCUT2D eigenvalue weighted by Crippen LogP contribution is -2.02. The summed E-state index contributed by atoms with van der Waals surface area (Å²) < 4.78 is 5.55. The average molecular weight is 313 g/mol. The van der Waals surface area contributed by atoms with E-state index < -0.39 is 4.92 Å². The van der Waals surface area contributed by atoms with Crippen molar-refractivity contribution >= 4 is 27.4 Å². The fraction of sp³-hybridized carbons (Fsp3) is 0.200. The topological polar surface area (TPSA) is 94.1 Å². The maximum Gasteiger partial charge on any atom is 0.288 e. The molecule has 0 saturated heterocycles. The van der Waals surface area contributed by atoms with Gasteiger partial charge in [-0.25, -0.2) is 4.98 Å². The predicted octanol–water partition coefficient (Wildman–Crippen LogP) is 2.66. The molecule has 2 rings (SSSR count). The monoisotopic (exact) mass is 312 g/mol. The molecular formula is C10H9BrN4O3. The molecule has 0 amide bonds. The van der Waals surface area contributed by atoms with Gasteiger partial charge in [0.1, 0.15) is 12.0 Å². The number of anilines is 1. The van der Waals surface area contributed by atoms with E-state index in [1.54, 1.807) is 6.07 Å². The summed E-state index contributed by atoms with van der Waals surface area (Å²) in [5.41, 5.74) is 0.727. The Labute approximate surface area is 110 Å². The van der Waals surface area contributed by atoms with Crippen LogP contribution < -0.4 is 5.32 Å². The molecule has 0 unspecified atom stereocenters. The molecule has 2 aromatic heterocycles. The molecule has 0 bridgehead atoms. The zero-order valence-electron chi connectivity index (χ0n) is 9.38. The molecule has 7 nitrogen and oxygen atoms in total. The summed E-state index contributed by atoms with van der Waals surface area (Å²) in [6, 6.07) is 3.19. The van der Waals surface area contributed by atoms with Crippen molar-refractivity contribution in [3.63, 3.8) is 0 Å². The van der Waals surface area contributed by atoms with Crippen LogP contribution in [0.15, 0.2) is 27.3 Å². The van der Waals surface area contributed by atoms with Gasteiger partial charge in [-0.05, 0) is 22.9 Å². The first-order valence-corrected chi connectivity index (χ1v) is 5.81. The minimum absolute atomic E-state index is 0.0667. The maximum atomic E-state index is 10.5. The van der Waals surface area contributed by atoms with Gasteiger partial charge in [0.2, 0.25) is 0 Å². The number of nitrogens with zero attached hydrogens (tertiary/aromatic N) is 3. The predicted molar refractivity (Wildman–Crippen MR) is 67.2 cm³/mol. The molecule has 2 heterocycles. The molecule has 18 heavy (non-hydrogen) atoms. The highest BCUT2D eigenvalue weighted by molar-refractivity contribution is 9.10. The van der Waals surface area contributed by atoms with E-state index in [1.165, 1.54) is 12.3 Å². The van der Waals surface area contributed by atoms with Crippen molar-refractivity contribution in [3.05, 3.63) is 44.4 Å². The quantitative estimate of drug-likeness (QED) is 0.689. The average Bonchev–Trinajstić information content (AvgIpc) is 2.73. The van der Waals surface area contributed by atoms with Gasteiger partial charge in [0.05, 0.1) is 21.6 Å². The first-order valence-electron chi connectivity index (χ1n) is 5.02. The molecule has 1 N–H and O–H groups in total. The van der Waals surface area contributed by atoms with E-state index in [0.29, 0.717) is 22.6 Å². The SMILES string of the molecule is Cc1cc(CNc2ncc([N+](=O)[O-])cc2Br)on1. The second-order valence-corrected chi connectivity index (χ2v) is 4.42. The summed E-state index contributed by atoms with van der Waals surface area (Å²) in [4.78, 5) is 14.0. The largest absolute Gasteiger partial charge is 0.362 e. The number of halogens is 1. The summed E-state index contributed by atoms with van der Waals surface area (Å²) in [6.07, 6.45) is 1.19. The van der Waals surface area contributed by atoms with Crippen molar-refractivity contribution < 1.29 is 9.45 Å². The van der Waals surface area contributed by atoms with Crippen LogP contribution in [-0.2, 0) is 6.54 Å². The molecule has 0 aromatic carbocycles. The van der Waals surface area contributed by atoms with Crippen LogP contribution in [0.25, 0.3) is 0 Å². The second-order valence-electron chi connectivity index (χ2n) is 3.57. The molecular weight excluding hydrogens is 304 g/mol. The first kappa shape index (κ1) is 12.5. The van der Waals surface area contributed by atoms with Crippen LogP contribution in [0.4, 0.5) is 11.5 Å². The Hall–Kier alpha value is -1.96. The number of hydrogen-bond acceptors (Lipinski definition) is 6. The first-order chi connectivity index (χ1) is 8.56. The number of rotatable bonds is 4. The fourth-order valence-corrected chi connectivity index (χ4v) is 1.81. The minimum atomic E-state index is -0.499.